The number of hydrogen-bond donors (Lipinski definition) is 2. The van der Waals surface area contributed by atoms with Gasteiger partial charge in [0.05, 0.1) is 16.2 Å². The van der Waals surface area contributed by atoms with E-state index >= 15 is 0 Å². The SMILES string of the molecule is Cc1cc([N+](=O)[O-])ccc1NC(=O)c1cccc(F)c1N. The van der Waals surface area contributed by atoms with Gasteiger partial charge in [-0.2, -0.15) is 0 Å². The smallest absolute Gasteiger partial charge is 0.269 e. The van der Waals surface area contributed by atoms with E-state index in [-0.39, 0.29) is 16.9 Å². The molecule has 2 aromatic carbocycles. The van der Waals surface area contributed by atoms with Gasteiger partial charge in [-0.05, 0) is 30.7 Å². The van der Waals surface area contributed by atoms with Crippen molar-refractivity contribution in [2.75, 3.05) is 11.1 Å². The van der Waals surface area contributed by atoms with Crippen molar-refractivity contribution in [1.29, 1.82) is 0 Å². The second kappa shape index (κ2) is 5.58. The number of nitro benzene ring substituents is 1. The third-order valence-corrected chi connectivity index (χ3v) is 2.97. The zero-order valence-electron chi connectivity index (χ0n) is 11.1. The number of nitrogen functional groups attached to an aromatic ring is 1. The number of nitrogens with zero attached hydrogens (tertiary/aromatic N) is 1. The molecule has 2 aromatic rings. The minimum atomic E-state index is -0.678. The van der Waals surface area contributed by atoms with Crippen LogP contribution in [0.1, 0.15) is 15.9 Å². The lowest BCUT2D eigenvalue weighted by Gasteiger charge is -2.10. The molecule has 21 heavy (non-hydrogen) atoms. The fourth-order valence-electron chi connectivity index (χ4n) is 1.83. The average Bonchev–Trinajstić information content (AvgIpc) is 2.43. The van der Waals surface area contributed by atoms with Crippen LogP contribution in [0.4, 0.5) is 21.5 Å². The summed E-state index contributed by atoms with van der Waals surface area (Å²) in [7, 11) is 0. The number of benzene rings is 2. The van der Waals surface area contributed by atoms with E-state index in [1.807, 2.05) is 0 Å². The van der Waals surface area contributed by atoms with Gasteiger partial charge in [0.2, 0.25) is 0 Å². The zero-order chi connectivity index (χ0) is 15.6. The number of halogens is 1. The van der Waals surface area contributed by atoms with Gasteiger partial charge in [0, 0.05) is 17.8 Å². The van der Waals surface area contributed by atoms with Crippen LogP contribution >= 0.6 is 0 Å². The molecule has 2 rings (SSSR count). The number of nitrogens with one attached hydrogen (secondary N) is 1. The van der Waals surface area contributed by atoms with E-state index in [4.69, 9.17) is 5.73 Å². The average molecular weight is 289 g/mol. The summed E-state index contributed by atoms with van der Waals surface area (Å²) in [6, 6.07) is 7.96. The van der Waals surface area contributed by atoms with Crippen LogP contribution in [0.15, 0.2) is 36.4 Å². The van der Waals surface area contributed by atoms with Crippen molar-refractivity contribution in [2.24, 2.45) is 0 Å². The number of nitrogens with two attached hydrogens (primary N) is 1. The molecule has 1 amide bonds. The Morgan fingerprint density at radius 2 is 2.05 bits per heavy atom. The van der Waals surface area contributed by atoms with Crippen molar-refractivity contribution in [3.63, 3.8) is 0 Å². The van der Waals surface area contributed by atoms with Crippen LogP contribution in [0, 0.1) is 22.9 Å². The first-order valence-electron chi connectivity index (χ1n) is 6.00. The maximum absolute atomic E-state index is 13.3. The summed E-state index contributed by atoms with van der Waals surface area (Å²) < 4.78 is 13.3. The molecule has 0 bridgehead atoms. The van der Waals surface area contributed by atoms with Gasteiger partial charge in [-0.3, -0.25) is 14.9 Å². The van der Waals surface area contributed by atoms with Gasteiger partial charge in [0.15, 0.2) is 0 Å². The lowest BCUT2D eigenvalue weighted by molar-refractivity contribution is -0.384. The normalized spacial score (nSPS) is 10.2. The number of para-hydroxylation sites is 1. The Labute approximate surface area is 119 Å². The monoisotopic (exact) mass is 289 g/mol. The number of carbonyl (C=O) groups excluding carboxylic acids is 1. The minimum absolute atomic E-state index is 0.00718. The van der Waals surface area contributed by atoms with Gasteiger partial charge in [0.1, 0.15) is 5.82 Å². The second-order valence-corrected chi connectivity index (χ2v) is 4.41. The van der Waals surface area contributed by atoms with Crippen molar-refractivity contribution in [2.45, 2.75) is 6.92 Å². The molecule has 6 nitrogen and oxygen atoms in total. The Bertz CT molecular complexity index is 731. The van der Waals surface area contributed by atoms with Crippen molar-refractivity contribution < 1.29 is 14.1 Å². The first-order chi connectivity index (χ1) is 9.90. The summed E-state index contributed by atoms with van der Waals surface area (Å²) in [5.41, 5.74) is 6.12. The summed E-state index contributed by atoms with van der Waals surface area (Å²) in [5.74, 6) is -1.26. The first kappa shape index (κ1) is 14.4. The van der Waals surface area contributed by atoms with E-state index in [1.54, 1.807) is 6.92 Å². The Morgan fingerprint density at radius 1 is 1.33 bits per heavy atom. The molecule has 0 aliphatic rings. The van der Waals surface area contributed by atoms with Crippen molar-refractivity contribution in [1.82, 2.24) is 0 Å². The van der Waals surface area contributed by atoms with Crippen LogP contribution < -0.4 is 11.1 Å². The van der Waals surface area contributed by atoms with Gasteiger partial charge >= 0.3 is 0 Å². The van der Waals surface area contributed by atoms with E-state index in [0.29, 0.717) is 11.3 Å². The highest BCUT2D eigenvalue weighted by Gasteiger charge is 2.15. The molecule has 0 atom stereocenters. The van der Waals surface area contributed by atoms with E-state index in [0.717, 1.165) is 6.07 Å². The second-order valence-electron chi connectivity index (χ2n) is 4.41. The summed E-state index contributed by atoms with van der Waals surface area (Å²) in [4.78, 5) is 22.2. The number of nitro groups is 1. The van der Waals surface area contributed by atoms with Gasteiger partial charge in [-0.1, -0.05) is 6.07 Å². The molecule has 0 aliphatic heterocycles. The largest absolute Gasteiger partial charge is 0.396 e. The number of carbonyl (C=O) groups is 1. The molecule has 0 fully saturated rings. The number of rotatable bonds is 3. The topological polar surface area (TPSA) is 98.3 Å². The number of aryl methyl sites for hydroxylation is 1. The Hall–Kier alpha value is -2.96. The molecule has 0 heterocycles. The molecule has 0 unspecified atom stereocenters. The molecule has 3 N–H and O–H groups in total. The molecular formula is C14H12FN3O3. The summed E-state index contributed by atoms with van der Waals surface area (Å²) in [6.07, 6.45) is 0. The summed E-state index contributed by atoms with van der Waals surface area (Å²) in [6.45, 7) is 1.62. The maximum Gasteiger partial charge on any atom is 0.269 e. The summed E-state index contributed by atoms with van der Waals surface area (Å²) in [5, 5.41) is 13.2. The van der Waals surface area contributed by atoms with Crippen molar-refractivity contribution in [3.8, 4) is 0 Å². The lowest BCUT2D eigenvalue weighted by Crippen LogP contribution is -2.15. The van der Waals surface area contributed by atoms with Crippen molar-refractivity contribution in [3.05, 3.63) is 63.5 Å². The molecule has 0 saturated heterocycles. The number of hydrogen-bond acceptors (Lipinski definition) is 4. The zero-order valence-corrected chi connectivity index (χ0v) is 11.1. The van der Waals surface area contributed by atoms with E-state index < -0.39 is 16.6 Å². The molecule has 0 radical (unpaired) electrons. The molecule has 0 aliphatic carbocycles. The molecule has 108 valence electrons. The van der Waals surface area contributed by atoms with Crippen LogP contribution in [0.3, 0.4) is 0 Å². The predicted octanol–water partition coefficient (Wildman–Crippen LogP) is 2.88. The number of amides is 1. The molecule has 0 spiro atoms. The van der Waals surface area contributed by atoms with Gasteiger partial charge < -0.3 is 11.1 Å². The van der Waals surface area contributed by atoms with Crippen molar-refractivity contribution >= 4 is 23.0 Å². The highest BCUT2D eigenvalue weighted by Crippen LogP contribution is 2.23. The Morgan fingerprint density at radius 3 is 2.67 bits per heavy atom. The predicted molar refractivity (Wildman–Crippen MR) is 76.6 cm³/mol. The number of non-ortho nitro benzene ring substituents is 1. The molecular weight excluding hydrogens is 277 g/mol. The fraction of sp³-hybridized carbons (Fsp3) is 0.0714. The van der Waals surface area contributed by atoms with Crippen LogP contribution in [0.2, 0.25) is 0 Å². The Kier molecular flexibility index (Phi) is 3.84. The number of anilines is 2. The van der Waals surface area contributed by atoms with Gasteiger partial charge in [-0.25, -0.2) is 4.39 Å². The molecule has 0 aromatic heterocycles. The third-order valence-electron chi connectivity index (χ3n) is 2.97. The quantitative estimate of drug-likeness (QED) is 0.515. The molecule has 7 heteroatoms. The lowest BCUT2D eigenvalue weighted by atomic mass is 10.1. The first-order valence-corrected chi connectivity index (χ1v) is 6.00. The van der Waals surface area contributed by atoms with Crippen LogP contribution in [0.25, 0.3) is 0 Å². The minimum Gasteiger partial charge on any atom is -0.396 e. The molecule has 0 saturated carbocycles. The highest BCUT2D eigenvalue weighted by molar-refractivity contribution is 6.08. The van der Waals surface area contributed by atoms with Gasteiger partial charge in [0.25, 0.3) is 11.6 Å². The Balaban J connectivity index is 2.28. The fourth-order valence-corrected chi connectivity index (χ4v) is 1.83. The van der Waals surface area contributed by atoms with Crippen LogP contribution in [-0.4, -0.2) is 10.8 Å². The van der Waals surface area contributed by atoms with Gasteiger partial charge in [-0.15, -0.1) is 0 Å². The van der Waals surface area contributed by atoms with E-state index in [1.165, 1.54) is 30.3 Å². The van der Waals surface area contributed by atoms with E-state index in [2.05, 4.69) is 5.32 Å². The maximum atomic E-state index is 13.3. The highest BCUT2D eigenvalue weighted by atomic mass is 19.1. The van der Waals surface area contributed by atoms with E-state index in [9.17, 15) is 19.3 Å². The third kappa shape index (κ3) is 2.97. The van der Waals surface area contributed by atoms with Crippen LogP contribution in [0.5, 0.6) is 0 Å². The standard InChI is InChI=1S/C14H12FN3O3/c1-8-7-9(18(20)21)5-6-12(8)17-14(19)10-3-2-4-11(15)13(10)16/h2-7H,16H2,1H3,(H,17,19). The summed E-state index contributed by atoms with van der Waals surface area (Å²) >= 11 is 0. The van der Waals surface area contributed by atoms with Crippen LogP contribution in [-0.2, 0) is 0 Å².